The first kappa shape index (κ1) is 15.2. The molecule has 19 heavy (non-hydrogen) atoms. The maximum atomic E-state index is 12.4. The van der Waals surface area contributed by atoms with Crippen molar-refractivity contribution in [3.05, 3.63) is 0 Å². The van der Waals surface area contributed by atoms with Crippen LogP contribution in [0.4, 0.5) is 0 Å². The van der Waals surface area contributed by atoms with Crippen molar-refractivity contribution in [1.29, 1.82) is 0 Å². The first-order chi connectivity index (χ1) is 9.10. The predicted octanol–water partition coefficient (Wildman–Crippen LogP) is 2.70. The highest BCUT2D eigenvalue weighted by Crippen LogP contribution is 2.38. The van der Waals surface area contributed by atoms with Gasteiger partial charge in [-0.25, -0.2) is 0 Å². The third-order valence-electron chi connectivity index (χ3n) is 4.89. The summed E-state index contributed by atoms with van der Waals surface area (Å²) in [6, 6.07) is 0. The van der Waals surface area contributed by atoms with Crippen LogP contribution in [0.25, 0.3) is 0 Å². The van der Waals surface area contributed by atoms with Gasteiger partial charge < -0.3 is 10.6 Å². The molecular formula is C15H28N2OS. The molecule has 0 aromatic heterocycles. The van der Waals surface area contributed by atoms with Crippen molar-refractivity contribution in [2.45, 2.75) is 68.6 Å². The molecule has 0 radical (unpaired) electrons. The summed E-state index contributed by atoms with van der Waals surface area (Å²) >= 11 is 1.95. The Morgan fingerprint density at radius 1 is 1.16 bits per heavy atom. The molecule has 0 aromatic carbocycles. The van der Waals surface area contributed by atoms with Crippen molar-refractivity contribution >= 4 is 17.7 Å². The monoisotopic (exact) mass is 284 g/mol. The van der Waals surface area contributed by atoms with E-state index >= 15 is 0 Å². The van der Waals surface area contributed by atoms with Gasteiger partial charge in [-0.05, 0) is 51.8 Å². The van der Waals surface area contributed by atoms with Crippen LogP contribution in [-0.4, -0.2) is 35.5 Å². The zero-order valence-electron chi connectivity index (χ0n) is 12.4. The van der Waals surface area contributed by atoms with Crippen LogP contribution in [0.15, 0.2) is 0 Å². The van der Waals surface area contributed by atoms with Crippen molar-refractivity contribution in [3.8, 4) is 0 Å². The fourth-order valence-electron chi connectivity index (χ4n) is 3.34. The van der Waals surface area contributed by atoms with E-state index in [9.17, 15) is 4.79 Å². The average molecular weight is 284 g/mol. The minimum Gasteiger partial charge on any atom is -0.353 e. The Labute approximate surface area is 121 Å². The molecule has 1 saturated carbocycles. The lowest BCUT2D eigenvalue weighted by Gasteiger charge is -2.38. The van der Waals surface area contributed by atoms with Gasteiger partial charge in [0.05, 0.1) is 5.54 Å². The molecule has 2 aliphatic rings. The van der Waals surface area contributed by atoms with E-state index in [1.807, 2.05) is 18.7 Å². The first-order valence-corrected chi connectivity index (χ1v) is 8.91. The SMILES string of the molecule is CSC1(CNC(=O)C2(C)CCCCN2)CCCCC1. The number of hydrogen-bond donors (Lipinski definition) is 2. The molecule has 1 aliphatic carbocycles. The maximum Gasteiger partial charge on any atom is 0.240 e. The van der Waals surface area contributed by atoms with Gasteiger partial charge in [0.15, 0.2) is 0 Å². The molecule has 0 bridgehead atoms. The van der Waals surface area contributed by atoms with Crippen LogP contribution < -0.4 is 10.6 Å². The number of carbonyl (C=O) groups is 1. The van der Waals surface area contributed by atoms with Crippen LogP contribution in [0.5, 0.6) is 0 Å². The molecule has 0 spiro atoms. The number of hydrogen-bond acceptors (Lipinski definition) is 3. The summed E-state index contributed by atoms with van der Waals surface area (Å²) in [7, 11) is 0. The summed E-state index contributed by atoms with van der Waals surface area (Å²) in [4.78, 5) is 12.4. The van der Waals surface area contributed by atoms with Gasteiger partial charge in [-0.1, -0.05) is 19.3 Å². The molecule has 1 unspecified atom stereocenters. The minimum atomic E-state index is -0.341. The van der Waals surface area contributed by atoms with Gasteiger partial charge in [-0.15, -0.1) is 0 Å². The highest BCUT2D eigenvalue weighted by Gasteiger charge is 2.37. The van der Waals surface area contributed by atoms with E-state index in [4.69, 9.17) is 0 Å². The van der Waals surface area contributed by atoms with E-state index < -0.39 is 0 Å². The molecule has 4 heteroatoms. The molecule has 1 heterocycles. The topological polar surface area (TPSA) is 41.1 Å². The second-order valence-corrected chi connectivity index (χ2v) is 7.62. The van der Waals surface area contributed by atoms with E-state index in [0.29, 0.717) is 4.75 Å². The quantitative estimate of drug-likeness (QED) is 0.834. The Kier molecular flexibility index (Phi) is 5.18. The largest absolute Gasteiger partial charge is 0.353 e. The lowest BCUT2D eigenvalue weighted by atomic mass is 9.87. The van der Waals surface area contributed by atoms with Crippen LogP contribution in [0.3, 0.4) is 0 Å². The summed E-state index contributed by atoms with van der Waals surface area (Å²) in [5.41, 5.74) is -0.341. The van der Waals surface area contributed by atoms with E-state index in [2.05, 4.69) is 16.9 Å². The summed E-state index contributed by atoms with van der Waals surface area (Å²) in [6.07, 6.45) is 12.0. The smallest absolute Gasteiger partial charge is 0.240 e. The zero-order chi connectivity index (χ0) is 13.8. The third-order valence-corrected chi connectivity index (χ3v) is 6.31. The van der Waals surface area contributed by atoms with E-state index in [0.717, 1.165) is 25.9 Å². The molecule has 2 fully saturated rings. The van der Waals surface area contributed by atoms with Crippen LogP contribution in [0.1, 0.15) is 58.3 Å². The molecule has 2 N–H and O–H groups in total. The molecule has 1 atom stereocenters. The van der Waals surface area contributed by atoms with Crippen molar-refractivity contribution in [2.75, 3.05) is 19.3 Å². The average Bonchev–Trinajstić information content (AvgIpc) is 2.46. The Hall–Kier alpha value is -0.220. The number of amides is 1. The van der Waals surface area contributed by atoms with Gasteiger partial charge in [0.1, 0.15) is 0 Å². The van der Waals surface area contributed by atoms with Gasteiger partial charge in [0, 0.05) is 11.3 Å². The molecule has 1 saturated heterocycles. The molecule has 3 nitrogen and oxygen atoms in total. The lowest BCUT2D eigenvalue weighted by molar-refractivity contribution is -0.128. The Morgan fingerprint density at radius 2 is 1.84 bits per heavy atom. The summed E-state index contributed by atoms with van der Waals surface area (Å²) < 4.78 is 0.291. The zero-order valence-corrected chi connectivity index (χ0v) is 13.2. The summed E-state index contributed by atoms with van der Waals surface area (Å²) in [5, 5.41) is 6.63. The summed E-state index contributed by atoms with van der Waals surface area (Å²) in [6.45, 7) is 3.86. The normalized spacial score (nSPS) is 30.8. The molecule has 1 aliphatic heterocycles. The molecule has 2 rings (SSSR count). The minimum absolute atomic E-state index is 0.200. The van der Waals surface area contributed by atoms with E-state index in [-0.39, 0.29) is 11.4 Å². The Bertz CT molecular complexity index is 307. The number of carbonyl (C=O) groups excluding carboxylic acids is 1. The maximum absolute atomic E-state index is 12.4. The van der Waals surface area contributed by atoms with Crippen LogP contribution in [0.2, 0.25) is 0 Å². The highest BCUT2D eigenvalue weighted by molar-refractivity contribution is 8.00. The van der Waals surface area contributed by atoms with Crippen molar-refractivity contribution in [3.63, 3.8) is 0 Å². The highest BCUT2D eigenvalue weighted by atomic mass is 32.2. The van der Waals surface area contributed by atoms with Crippen LogP contribution in [-0.2, 0) is 4.79 Å². The molecular weight excluding hydrogens is 256 g/mol. The third kappa shape index (κ3) is 3.66. The van der Waals surface area contributed by atoms with Gasteiger partial charge in [-0.3, -0.25) is 4.79 Å². The van der Waals surface area contributed by atoms with Crippen molar-refractivity contribution in [1.82, 2.24) is 10.6 Å². The van der Waals surface area contributed by atoms with Crippen molar-refractivity contribution < 1.29 is 4.79 Å². The van der Waals surface area contributed by atoms with E-state index in [1.54, 1.807) is 0 Å². The first-order valence-electron chi connectivity index (χ1n) is 7.69. The van der Waals surface area contributed by atoms with Crippen LogP contribution in [0, 0.1) is 0 Å². The van der Waals surface area contributed by atoms with Gasteiger partial charge in [-0.2, -0.15) is 11.8 Å². The summed E-state index contributed by atoms with van der Waals surface area (Å²) in [5.74, 6) is 0.200. The van der Waals surface area contributed by atoms with Gasteiger partial charge >= 0.3 is 0 Å². The second-order valence-electron chi connectivity index (χ2n) is 6.35. The fourth-order valence-corrected chi connectivity index (χ4v) is 4.25. The Morgan fingerprint density at radius 3 is 2.42 bits per heavy atom. The standard InChI is InChI=1S/C15H28N2OS/c1-14(8-6-7-11-17-14)13(18)16-12-15(19-2)9-4-3-5-10-15/h17H,3-12H2,1-2H3,(H,16,18). The van der Waals surface area contributed by atoms with Crippen molar-refractivity contribution in [2.24, 2.45) is 0 Å². The number of nitrogens with one attached hydrogen (secondary N) is 2. The second kappa shape index (κ2) is 6.49. The van der Waals surface area contributed by atoms with Gasteiger partial charge in [0.2, 0.25) is 5.91 Å². The lowest BCUT2D eigenvalue weighted by Crippen LogP contribution is -2.58. The molecule has 0 aromatic rings. The molecule has 1 amide bonds. The van der Waals surface area contributed by atoms with Gasteiger partial charge in [0.25, 0.3) is 0 Å². The predicted molar refractivity (Wildman–Crippen MR) is 82.6 cm³/mol. The van der Waals surface area contributed by atoms with E-state index in [1.165, 1.54) is 38.5 Å². The number of thioether (sulfide) groups is 1. The Balaban J connectivity index is 1.87. The number of rotatable bonds is 4. The molecule has 110 valence electrons. The fraction of sp³-hybridized carbons (Fsp3) is 0.933. The number of piperidine rings is 1. The van der Waals surface area contributed by atoms with Crippen LogP contribution >= 0.6 is 11.8 Å².